The molecule has 7 fully saturated rings. The predicted octanol–water partition coefficient (Wildman–Crippen LogP) is -19.8. The monoisotopic (exact) mass is 2180 g/mol. The molecule has 0 aromatic heterocycles. The van der Waals surface area contributed by atoms with Gasteiger partial charge in [-0.25, -0.2) is 0 Å². The standard InChI is InChI=1S/C88H153N13O49/c1-40-59(115)66(122)72(128)82(143-40)137-26-22-94-50(105)14-12-44(80(135)96-24-29-139-84-74(130)68(124)61(117)42(3)145-84)98-56(111)35-101(36-57(112)99-45(81(136)97-25-30-140-85-75(131)69(125)62(118)43(4)146-85)13-15-51(106)95-23-27-138-83-73(129)67(123)60(116)41(2)144-83)33-54(109)91-19-10-6-9-18-90-53(108)32-100(34-55(110)92-20-16-58(113)114)31-52(107)89-17-8-5-7-11-49(104)93-21-28-141-87-78(134)79(150-88-77(133)71(127)64(120)47(38-103)148-88)65(121)48(149-87)39-142-86-76(132)70(126)63(119)46(37-102)147-86/h40-48,59-79,82-88,102-103,115-134H,5-39H2,1-4H3,(H,89,107)(H,90,108)(H,91,109)(H,92,110)(H,93,104)(H,94,105)(H,95,106)(H,96,135)(H,97,136)(H,98,111)(H,99,112)(H,113,114)/t40-,41-,42-,43-,44-,45-,46+,47+,48+,59+,60+,61+,62+,63+,64+,65+,66+,67+,68+,69+,70-,71-,72-,73-,74-,75-,76-,77-,78-,79-,82+,83+,84+,85+,86-,87-,88+/m0/s1. The highest BCUT2D eigenvalue weighted by Crippen LogP contribution is 2.33. The van der Waals surface area contributed by atoms with Gasteiger partial charge in [0.05, 0.1) is 123 Å². The van der Waals surface area contributed by atoms with E-state index in [2.05, 4.69) is 58.5 Å². The second-order valence-corrected chi connectivity index (χ2v) is 37.1. The topological polar surface area (TPSA) is 938 Å². The minimum atomic E-state index is -2.00. The summed E-state index contributed by atoms with van der Waals surface area (Å²) in [5.74, 6) is -10.1. The second-order valence-electron chi connectivity index (χ2n) is 37.1. The summed E-state index contributed by atoms with van der Waals surface area (Å²) in [4.78, 5) is 164. The third kappa shape index (κ3) is 41.7. The van der Waals surface area contributed by atoms with Crippen LogP contribution in [0.5, 0.6) is 0 Å². The Morgan fingerprint density at radius 3 is 0.873 bits per heavy atom. The number of hydrogen-bond acceptors (Lipinski definition) is 50. The number of nitrogens with one attached hydrogen (secondary N) is 11. The number of carbonyl (C=O) groups excluding carboxylic acids is 11. The van der Waals surface area contributed by atoms with E-state index in [1.807, 2.05) is 0 Å². The normalized spacial score (nSPS) is 33.5. The summed E-state index contributed by atoms with van der Waals surface area (Å²) < 4.78 is 77.4. The number of amides is 11. The van der Waals surface area contributed by atoms with Crippen LogP contribution in [0.2, 0.25) is 0 Å². The van der Waals surface area contributed by atoms with Crippen molar-refractivity contribution in [2.24, 2.45) is 0 Å². The number of carbonyl (C=O) groups is 12. The molecule has 0 aromatic rings. The van der Waals surface area contributed by atoms with Gasteiger partial charge in [-0.2, -0.15) is 0 Å². The third-order valence-electron chi connectivity index (χ3n) is 25.2. The molecule has 0 saturated carbocycles. The van der Waals surface area contributed by atoms with Crippen molar-refractivity contribution in [1.29, 1.82) is 0 Å². The molecule has 7 aliphatic heterocycles. The minimum absolute atomic E-state index is 0.00656. The van der Waals surface area contributed by atoms with E-state index in [1.54, 1.807) is 0 Å². The Bertz CT molecular complexity index is 3970. The third-order valence-corrected chi connectivity index (χ3v) is 25.2. The van der Waals surface area contributed by atoms with Gasteiger partial charge in [0.2, 0.25) is 65.0 Å². The number of unbranched alkanes of at least 4 members (excludes halogenated alkanes) is 4. The van der Waals surface area contributed by atoms with Gasteiger partial charge in [0, 0.05) is 78.2 Å². The van der Waals surface area contributed by atoms with Crippen molar-refractivity contribution in [2.75, 3.05) is 151 Å². The molecule has 34 N–H and O–H groups in total. The lowest BCUT2D eigenvalue weighted by atomic mass is 9.96. The molecule has 7 aliphatic rings. The first kappa shape index (κ1) is 129. The van der Waals surface area contributed by atoms with Crippen LogP contribution in [0, 0.1) is 0 Å². The van der Waals surface area contributed by atoms with Crippen LogP contribution < -0.4 is 58.5 Å². The minimum Gasteiger partial charge on any atom is -0.481 e. The summed E-state index contributed by atoms with van der Waals surface area (Å²) in [5, 5.41) is 265. The van der Waals surface area contributed by atoms with Crippen LogP contribution in [-0.4, -0.2) is 576 Å². The van der Waals surface area contributed by atoms with E-state index in [1.165, 1.54) is 32.6 Å². The fourth-order valence-corrected chi connectivity index (χ4v) is 16.3. The molecule has 0 bridgehead atoms. The zero-order valence-electron chi connectivity index (χ0n) is 83.4. The number of aliphatic hydroxyl groups is 22. The smallest absolute Gasteiger partial charge is 0.305 e. The van der Waals surface area contributed by atoms with Gasteiger partial charge in [-0.15, -0.1) is 0 Å². The average Bonchev–Trinajstić information content (AvgIpc) is 0.779. The maximum absolute atomic E-state index is 14.4. The van der Waals surface area contributed by atoms with Crippen LogP contribution in [0.15, 0.2) is 0 Å². The van der Waals surface area contributed by atoms with Crippen LogP contribution in [-0.2, 0) is 124 Å². The lowest BCUT2D eigenvalue weighted by molar-refractivity contribution is -0.366. The number of carboxylic acid groups (broad SMARTS) is 1. The summed E-state index contributed by atoms with van der Waals surface area (Å²) >= 11 is 0. The molecular weight excluding hydrogens is 2020 g/mol. The van der Waals surface area contributed by atoms with Crippen LogP contribution in [0.4, 0.5) is 0 Å². The molecule has 864 valence electrons. The molecule has 0 radical (unpaired) electrons. The van der Waals surface area contributed by atoms with Gasteiger partial charge in [-0.3, -0.25) is 67.3 Å². The maximum atomic E-state index is 14.4. The van der Waals surface area contributed by atoms with Crippen LogP contribution in [0.3, 0.4) is 0 Å². The lowest BCUT2D eigenvalue weighted by Gasteiger charge is -2.46. The lowest BCUT2D eigenvalue weighted by Crippen LogP contribution is -2.65. The Morgan fingerprint density at radius 1 is 0.260 bits per heavy atom. The van der Waals surface area contributed by atoms with E-state index in [4.69, 9.17) is 71.4 Å². The first-order valence-corrected chi connectivity index (χ1v) is 49.6. The zero-order valence-corrected chi connectivity index (χ0v) is 83.4. The summed E-state index contributed by atoms with van der Waals surface area (Å²) in [6.07, 6.45) is -56.5. The summed E-state index contributed by atoms with van der Waals surface area (Å²) in [6, 6.07) is -3.25. The number of carboxylic acids is 1. The first-order valence-electron chi connectivity index (χ1n) is 49.6. The van der Waals surface area contributed by atoms with E-state index in [0.29, 0.717) is 19.3 Å². The van der Waals surface area contributed by atoms with Crippen molar-refractivity contribution < 1.29 is 241 Å². The van der Waals surface area contributed by atoms with Gasteiger partial charge >= 0.3 is 5.97 Å². The number of aliphatic carboxylic acids is 1. The molecule has 37 atom stereocenters. The van der Waals surface area contributed by atoms with Crippen LogP contribution in [0.1, 0.15) is 105 Å². The number of ether oxygens (including phenoxy) is 14. The van der Waals surface area contributed by atoms with Crippen molar-refractivity contribution in [1.82, 2.24) is 68.3 Å². The Labute approximate surface area is 860 Å². The second kappa shape index (κ2) is 65.9. The quantitative estimate of drug-likeness (QED) is 0.0251. The molecule has 7 heterocycles. The van der Waals surface area contributed by atoms with Crippen molar-refractivity contribution >= 4 is 70.9 Å². The van der Waals surface area contributed by atoms with Gasteiger partial charge in [-0.05, 0) is 72.6 Å². The van der Waals surface area contributed by atoms with Gasteiger partial charge < -0.3 is 242 Å². The highest BCUT2D eigenvalue weighted by molar-refractivity contribution is 5.92. The molecule has 62 heteroatoms. The predicted molar refractivity (Wildman–Crippen MR) is 495 cm³/mol. The largest absolute Gasteiger partial charge is 0.481 e. The van der Waals surface area contributed by atoms with Crippen LogP contribution in [0.25, 0.3) is 0 Å². The highest BCUT2D eigenvalue weighted by atomic mass is 16.8. The van der Waals surface area contributed by atoms with E-state index < -0.39 is 402 Å². The number of hydrogen-bond donors (Lipinski definition) is 34. The first-order chi connectivity index (χ1) is 71.1. The number of nitrogens with zero attached hydrogens (tertiary/aromatic N) is 2. The summed E-state index contributed by atoms with van der Waals surface area (Å²) in [7, 11) is 0. The molecule has 0 unspecified atom stereocenters. The van der Waals surface area contributed by atoms with Gasteiger partial charge in [0.1, 0.15) is 159 Å². The van der Waals surface area contributed by atoms with E-state index in [0.717, 1.165) is 4.90 Å². The SMILES string of the molecule is C[C@@H]1O[C@@H](OCCNC(=O)CC[C@H](NC(=O)CN(CC(=O)NCCCCCNC(=O)CN(CC(=O)NCCCCCC(=O)NCCO[C@H]2O[C@H](CO[C@H]3O[C@H](CO)[C@@H](O)[C@H](O)[C@@H]3O)[C@@H](O)[C@H](O[C@H]3O[C@H](CO)[C@@H](O)[C@H](O)[C@@H]3O)[C@@H]2O)CC(=O)NCCC(=O)O)CC(=O)N[C@@H](CCC(=O)NCCO[C@@H]2O[C@@H](C)[C@@H](O)[C@@H](O)[C@@H]2O)C(=O)NCCO[C@@H]2O[C@@H](C)[C@@H](O)[C@@H](O)[C@@H]2O)C(=O)NCCO[C@@H]2O[C@@H](C)[C@@H](O)[C@@H](O)[C@@H]2O)[C@@H](O)[C@H](O)[C@@H]1O. The van der Waals surface area contributed by atoms with Crippen molar-refractivity contribution in [3.05, 3.63) is 0 Å². The Kier molecular flexibility index (Phi) is 56.6. The highest BCUT2D eigenvalue weighted by Gasteiger charge is 2.54. The van der Waals surface area contributed by atoms with Gasteiger partial charge in [-0.1, -0.05) is 6.42 Å². The molecule has 62 nitrogen and oxygen atoms in total. The van der Waals surface area contributed by atoms with E-state index in [9.17, 15) is 170 Å². The fourth-order valence-electron chi connectivity index (χ4n) is 16.3. The van der Waals surface area contributed by atoms with E-state index >= 15 is 0 Å². The molecule has 0 aliphatic carbocycles. The average molecular weight is 2180 g/mol. The molecular formula is C88H153N13O49. The summed E-state index contributed by atoms with van der Waals surface area (Å²) in [5.41, 5.74) is 0. The van der Waals surface area contributed by atoms with Crippen molar-refractivity contribution in [3.63, 3.8) is 0 Å². The van der Waals surface area contributed by atoms with Crippen molar-refractivity contribution in [3.8, 4) is 0 Å². The molecule has 0 aromatic carbocycles. The summed E-state index contributed by atoms with van der Waals surface area (Å²) in [6.45, 7) is -4.55. The van der Waals surface area contributed by atoms with Gasteiger partial charge in [0.25, 0.3) is 0 Å². The molecule has 11 amide bonds. The zero-order chi connectivity index (χ0) is 111. The Hall–Kier alpha value is -7.88. The Balaban J connectivity index is 0.938. The molecule has 7 rings (SSSR count). The maximum Gasteiger partial charge on any atom is 0.305 e. The van der Waals surface area contributed by atoms with Gasteiger partial charge in [0.15, 0.2) is 44.0 Å². The molecule has 0 spiro atoms. The van der Waals surface area contributed by atoms with Crippen molar-refractivity contribution in [2.45, 2.75) is 332 Å². The Morgan fingerprint density at radius 2 is 0.533 bits per heavy atom. The number of aliphatic hydroxyl groups excluding tert-OH is 22. The fraction of sp³-hybridized carbons (Fsp3) is 0.864. The molecule has 150 heavy (non-hydrogen) atoms. The van der Waals surface area contributed by atoms with E-state index in [-0.39, 0.29) is 104 Å². The van der Waals surface area contributed by atoms with Crippen LogP contribution >= 0.6 is 0 Å². The molecule has 7 saturated heterocycles. The number of rotatable bonds is 64.